The molecule has 0 aromatic carbocycles. The van der Waals surface area contributed by atoms with Crippen molar-refractivity contribution < 1.29 is 29.0 Å². The number of carbonyl (C=O) groups excluding carboxylic acids is 1. The van der Waals surface area contributed by atoms with Gasteiger partial charge in [-0.15, -0.1) is 0 Å². The number of carbonyl (C=O) groups is 1. The number of nitrogens with two attached hydrogens (primary N) is 1. The molecule has 0 aliphatic rings. The molecule has 0 rings (SSSR count). The van der Waals surface area contributed by atoms with Gasteiger partial charge >= 0.3 is 13.6 Å². The van der Waals surface area contributed by atoms with Crippen molar-refractivity contribution in [3.8, 4) is 0 Å². The molecule has 0 fully saturated rings. The average molecular weight is 281 g/mol. The molecule has 0 aliphatic heterocycles. The Hall–Kier alpha value is -0.720. The Morgan fingerprint density at radius 3 is 2.44 bits per heavy atom. The van der Waals surface area contributed by atoms with E-state index < -0.39 is 31.9 Å². The third-order valence-corrected chi connectivity index (χ3v) is 2.76. The first kappa shape index (κ1) is 17.3. The summed E-state index contributed by atoms with van der Waals surface area (Å²) in [7, 11) is -4.27. The smallest absolute Gasteiger partial charge is 0.329 e. The summed E-state index contributed by atoms with van der Waals surface area (Å²) in [4.78, 5) is 29.1. The van der Waals surface area contributed by atoms with Crippen molar-refractivity contribution in [2.24, 2.45) is 5.73 Å². The third kappa shape index (κ3) is 8.38. The molecule has 7 nitrogen and oxygen atoms in total. The first-order chi connectivity index (χ1) is 8.15. The number of aliphatic hydroxyl groups is 1. The maximum absolute atomic E-state index is 11.3. The van der Waals surface area contributed by atoms with Crippen LogP contribution in [0, 0.1) is 0 Å². The minimum absolute atomic E-state index is 0.0399. The van der Waals surface area contributed by atoms with E-state index in [-0.39, 0.29) is 18.6 Å². The van der Waals surface area contributed by atoms with Gasteiger partial charge in [-0.2, -0.15) is 0 Å². The van der Waals surface area contributed by atoms with Gasteiger partial charge in [-0.3, -0.25) is 9.36 Å². The zero-order valence-electron chi connectivity index (χ0n) is 10.4. The fourth-order valence-electron chi connectivity index (χ4n) is 1.39. The molecule has 0 aromatic heterocycles. The molecule has 2 unspecified atom stereocenters. The van der Waals surface area contributed by atoms with Crippen molar-refractivity contribution in [2.75, 3.05) is 12.8 Å². The zero-order valence-corrected chi connectivity index (χ0v) is 11.3. The van der Waals surface area contributed by atoms with E-state index >= 15 is 0 Å². The minimum Gasteiger partial charge on any atom is -0.465 e. The maximum Gasteiger partial charge on any atom is 0.329 e. The van der Waals surface area contributed by atoms with E-state index in [9.17, 15) is 14.5 Å². The molecule has 2 atom stereocenters. The normalized spacial score (nSPS) is 16.2. The lowest BCUT2D eigenvalue weighted by Crippen LogP contribution is -2.31. The van der Waals surface area contributed by atoms with Crippen molar-refractivity contribution in [3.63, 3.8) is 0 Å². The second-order valence-corrected chi connectivity index (χ2v) is 5.62. The standard InChI is InChI=1S/C10H20NO6P/c1-3-17-10(13)9(11)5-8(4-7(2)12)6-18(14,15)16/h5,7,9,12H,3-4,6,11H2,1-2H3,(H2,14,15,16). The lowest BCUT2D eigenvalue weighted by molar-refractivity contribution is -0.143. The van der Waals surface area contributed by atoms with Gasteiger partial charge in [0.1, 0.15) is 6.04 Å². The topological polar surface area (TPSA) is 130 Å². The minimum atomic E-state index is -4.27. The van der Waals surface area contributed by atoms with Crippen LogP contribution in [0.25, 0.3) is 0 Å². The summed E-state index contributed by atoms with van der Waals surface area (Å²) in [6.45, 7) is 3.27. The highest BCUT2D eigenvalue weighted by Crippen LogP contribution is 2.37. The Bertz CT molecular complexity index is 348. The van der Waals surface area contributed by atoms with E-state index in [1.54, 1.807) is 6.92 Å². The molecule has 0 aromatic rings. The van der Waals surface area contributed by atoms with E-state index in [4.69, 9.17) is 15.5 Å². The molecule has 0 amide bonds. The first-order valence-corrected chi connectivity index (χ1v) is 7.30. The highest BCUT2D eigenvalue weighted by molar-refractivity contribution is 7.52. The molecule has 106 valence electrons. The van der Waals surface area contributed by atoms with Crippen LogP contribution >= 0.6 is 7.60 Å². The van der Waals surface area contributed by atoms with E-state index in [0.717, 1.165) is 0 Å². The molecular weight excluding hydrogens is 261 g/mol. The molecule has 18 heavy (non-hydrogen) atoms. The van der Waals surface area contributed by atoms with Crippen LogP contribution < -0.4 is 5.73 Å². The molecule has 0 saturated carbocycles. The van der Waals surface area contributed by atoms with Gasteiger partial charge in [-0.05, 0) is 20.3 Å². The fraction of sp³-hybridized carbons (Fsp3) is 0.700. The van der Waals surface area contributed by atoms with Gasteiger partial charge in [0, 0.05) is 0 Å². The Balaban J connectivity index is 4.83. The van der Waals surface area contributed by atoms with E-state index in [1.807, 2.05) is 0 Å². The summed E-state index contributed by atoms with van der Waals surface area (Å²) < 4.78 is 15.6. The van der Waals surface area contributed by atoms with Crippen LogP contribution in [0.2, 0.25) is 0 Å². The van der Waals surface area contributed by atoms with Gasteiger partial charge in [0.2, 0.25) is 0 Å². The largest absolute Gasteiger partial charge is 0.465 e. The van der Waals surface area contributed by atoms with E-state index in [2.05, 4.69) is 4.74 Å². The van der Waals surface area contributed by atoms with Crippen LogP contribution in [0.1, 0.15) is 20.3 Å². The second-order valence-electron chi connectivity index (χ2n) is 3.98. The van der Waals surface area contributed by atoms with E-state index in [0.29, 0.717) is 0 Å². The lowest BCUT2D eigenvalue weighted by atomic mass is 10.1. The molecular formula is C10H20NO6P. The Morgan fingerprint density at radius 1 is 1.50 bits per heavy atom. The third-order valence-electron chi connectivity index (χ3n) is 1.94. The Kier molecular flexibility index (Phi) is 7.35. The summed E-state index contributed by atoms with van der Waals surface area (Å²) in [5.74, 6) is -0.675. The first-order valence-electron chi connectivity index (χ1n) is 5.50. The predicted octanol–water partition coefficient (Wildman–Crippen LogP) is -0.248. The predicted molar refractivity (Wildman–Crippen MR) is 65.9 cm³/mol. The Labute approximate surface area is 106 Å². The van der Waals surface area contributed by atoms with Gasteiger partial charge in [-0.25, -0.2) is 0 Å². The van der Waals surface area contributed by atoms with Crippen molar-refractivity contribution in [1.82, 2.24) is 0 Å². The van der Waals surface area contributed by atoms with Crippen LogP contribution in [-0.2, 0) is 14.1 Å². The SMILES string of the molecule is CCOC(=O)C(N)C=C(CC(C)O)CP(=O)(O)O. The van der Waals surface area contributed by atoms with Gasteiger partial charge in [0.15, 0.2) is 0 Å². The second kappa shape index (κ2) is 7.66. The molecule has 0 saturated heterocycles. The highest BCUT2D eigenvalue weighted by Gasteiger charge is 2.20. The lowest BCUT2D eigenvalue weighted by Gasteiger charge is -2.13. The molecule has 0 spiro atoms. The summed E-state index contributed by atoms with van der Waals surface area (Å²) in [6, 6.07) is -1.09. The van der Waals surface area contributed by atoms with Crippen LogP contribution in [0.5, 0.6) is 0 Å². The Morgan fingerprint density at radius 2 is 2.06 bits per heavy atom. The number of rotatable bonds is 7. The average Bonchev–Trinajstić information content (AvgIpc) is 2.13. The fourth-order valence-corrected chi connectivity index (χ4v) is 2.15. The van der Waals surface area contributed by atoms with Gasteiger partial charge < -0.3 is 25.4 Å². The summed E-state index contributed by atoms with van der Waals surface area (Å²) >= 11 is 0. The van der Waals surface area contributed by atoms with Crippen LogP contribution in [0.3, 0.4) is 0 Å². The maximum atomic E-state index is 11.3. The number of hydrogen-bond donors (Lipinski definition) is 4. The molecule has 0 bridgehead atoms. The number of hydrogen-bond acceptors (Lipinski definition) is 5. The summed E-state index contributed by atoms with van der Waals surface area (Å²) in [5, 5.41) is 9.22. The summed E-state index contributed by atoms with van der Waals surface area (Å²) in [5.41, 5.74) is 5.75. The van der Waals surface area contributed by atoms with Crippen molar-refractivity contribution in [2.45, 2.75) is 32.4 Å². The number of esters is 1. The van der Waals surface area contributed by atoms with Gasteiger partial charge in [0.25, 0.3) is 0 Å². The highest BCUT2D eigenvalue weighted by atomic mass is 31.2. The molecule has 0 radical (unpaired) electrons. The molecule has 8 heteroatoms. The molecule has 0 aliphatic carbocycles. The quantitative estimate of drug-likeness (QED) is 0.287. The molecule has 5 N–H and O–H groups in total. The van der Waals surface area contributed by atoms with Gasteiger partial charge in [-0.1, -0.05) is 11.6 Å². The monoisotopic (exact) mass is 281 g/mol. The van der Waals surface area contributed by atoms with Gasteiger partial charge in [0.05, 0.1) is 18.9 Å². The van der Waals surface area contributed by atoms with Crippen LogP contribution in [0.4, 0.5) is 0 Å². The molecule has 0 heterocycles. The van der Waals surface area contributed by atoms with Crippen LogP contribution in [-0.4, -0.2) is 45.8 Å². The van der Waals surface area contributed by atoms with E-state index in [1.165, 1.54) is 13.0 Å². The van der Waals surface area contributed by atoms with Crippen molar-refractivity contribution in [1.29, 1.82) is 0 Å². The zero-order chi connectivity index (χ0) is 14.3. The van der Waals surface area contributed by atoms with Crippen molar-refractivity contribution in [3.05, 3.63) is 11.6 Å². The number of ether oxygens (including phenoxy) is 1. The van der Waals surface area contributed by atoms with Crippen LogP contribution in [0.15, 0.2) is 11.6 Å². The van der Waals surface area contributed by atoms with Crippen molar-refractivity contribution >= 4 is 13.6 Å². The summed E-state index contributed by atoms with van der Waals surface area (Å²) in [6.07, 6.45) is -0.0512. The number of aliphatic hydroxyl groups excluding tert-OH is 1.